The molecule has 0 spiro atoms. The van der Waals surface area contributed by atoms with E-state index in [1.807, 2.05) is 0 Å². The zero-order valence-electron chi connectivity index (χ0n) is 9.14. The maximum absolute atomic E-state index is 13.0. The van der Waals surface area contributed by atoms with E-state index in [-0.39, 0.29) is 18.2 Å². The Labute approximate surface area is 102 Å². The average Bonchev–Trinajstić information content (AvgIpc) is 2.77. The Morgan fingerprint density at radius 2 is 2.35 bits per heavy atom. The number of ether oxygens (including phenoxy) is 1. The van der Waals surface area contributed by atoms with E-state index >= 15 is 0 Å². The standard InChI is InChI=1S/C12H10FNO2S/c1-16-11(15)6-10-7-17-12(14-10)8-3-2-4-9(13)5-8/h2-5,7H,6H2,1H3. The van der Waals surface area contributed by atoms with Gasteiger partial charge in [-0.05, 0) is 12.1 Å². The van der Waals surface area contributed by atoms with Crippen molar-refractivity contribution in [3.05, 3.63) is 41.2 Å². The van der Waals surface area contributed by atoms with Gasteiger partial charge in [0.1, 0.15) is 10.8 Å². The van der Waals surface area contributed by atoms with Crippen LogP contribution in [0.3, 0.4) is 0 Å². The number of hydrogen-bond donors (Lipinski definition) is 0. The molecule has 88 valence electrons. The Kier molecular flexibility index (Phi) is 3.49. The topological polar surface area (TPSA) is 39.2 Å². The van der Waals surface area contributed by atoms with Gasteiger partial charge < -0.3 is 4.74 Å². The normalized spacial score (nSPS) is 10.2. The third kappa shape index (κ3) is 2.88. The highest BCUT2D eigenvalue weighted by molar-refractivity contribution is 7.13. The molecule has 5 heteroatoms. The van der Waals surface area contributed by atoms with E-state index in [2.05, 4.69) is 9.72 Å². The summed E-state index contributed by atoms with van der Waals surface area (Å²) < 4.78 is 17.6. The summed E-state index contributed by atoms with van der Waals surface area (Å²) >= 11 is 1.38. The first-order chi connectivity index (χ1) is 8.19. The lowest BCUT2D eigenvalue weighted by Gasteiger charge is -1.96. The quantitative estimate of drug-likeness (QED) is 0.787. The molecular formula is C12H10FNO2S. The van der Waals surface area contributed by atoms with Crippen LogP contribution in [-0.4, -0.2) is 18.1 Å². The first-order valence-electron chi connectivity index (χ1n) is 4.96. The molecular weight excluding hydrogens is 241 g/mol. The lowest BCUT2D eigenvalue weighted by atomic mass is 10.2. The van der Waals surface area contributed by atoms with Gasteiger partial charge in [0.2, 0.25) is 0 Å². The molecule has 0 bridgehead atoms. The van der Waals surface area contributed by atoms with Gasteiger partial charge in [0.05, 0.1) is 19.2 Å². The first-order valence-corrected chi connectivity index (χ1v) is 5.84. The summed E-state index contributed by atoms with van der Waals surface area (Å²) in [6, 6.07) is 6.21. The van der Waals surface area contributed by atoms with Gasteiger partial charge in [-0.3, -0.25) is 4.79 Å². The molecule has 2 rings (SSSR count). The van der Waals surface area contributed by atoms with Crippen LogP contribution in [-0.2, 0) is 16.0 Å². The SMILES string of the molecule is COC(=O)Cc1csc(-c2cccc(F)c2)n1. The van der Waals surface area contributed by atoms with E-state index in [9.17, 15) is 9.18 Å². The number of nitrogens with zero attached hydrogens (tertiary/aromatic N) is 1. The van der Waals surface area contributed by atoms with Crippen LogP contribution in [0.25, 0.3) is 10.6 Å². The molecule has 17 heavy (non-hydrogen) atoms. The fraction of sp³-hybridized carbons (Fsp3) is 0.167. The molecule has 0 saturated heterocycles. The van der Waals surface area contributed by atoms with Gasteiger partial charge in [-0.25, -0.2) is 9.37 Å². The van der Waals surface area contributed by atoms with Crippen LogP contribution >= 0.6 is 11.3 Å². The van der Waals surface area contributed by atoms with Crippen LogP contribution in [0.4, 0.5) is 4.39 Å². The van der Waals surface area contributed by atoms with Gasteiger partial charge in [-0.1, -0.05) is 12.1 Å². The third-order valence-electron chi connectivity index (χ3n) is 2.18. The molecule has 0 atom stereocenters. The molecule has 0 N–H and O–H groups in total. The second-order valence-electron chi connectivity index (χ2n) is 3.41. The van der Waals surface area contributed by atoms with Crippen molar-refractivity contribution < 1.29 is 13.9 Å². The van der Waals surface area contributed by atoms with Crippen molar-refractivity contribution in [2.75, 3.05) is 7.11 Å². The van der Waals surface area contributed by atoms with E-state index in [4.69, 9.17) is 0 Å². The summed E-state index contributed by atoms with van der Waals surface area (Å²) in [5.74, 6) is -0.631. The maximum Gasteiger partial charge on any atom is 0.311 e. The fourth-order valence-electron chi connectivity index (χ4n) is 1.36. The van der Waals surface area contributed by atoms with Gasteiger partial charge in [-0.15, -0.1) is 11.3 Å². The number of hydrogen-bond acceptors (Lipinski definition) is 4. The molecule has 1 heterocycles. The number of methoxy groups -OCH3 is 1. The van der Waals surface area contributed by atoms with Crippen LogP contribution in [0.2, 0.25) is 0 Å². The Bertz CT molecular complexity index is 539. The second kappa shape index (κ2) is 5.05. The number of esters is 1. The summed E-state index contributed by atoms with van der Waals surface area (Å²) in [6.45, 7) is 0. The lowest BCUT2D eigenvalue weighted by molar-refractivity contribution is -0.139. The number of thiazole rings is 1. The van der Waals surface area contributed by atoms with Crippen LogP contribution in [0, 0.1) is 5.82 Å². The smallest absolute Gasteiger partial charge is 0.311 e. The van der Waals surface area contributed by atoms with Crippen molar-refractivity contribution >= 4 is 17.3 Å². The predicted octanol–water partition coefficient (Wildman–Crippen LogP) is 2.66. The van der Waals surface area contributed by atoms with E-state index in [0.717, 1.165) is 0 Å². The van der Waals surface area contributed by atoms with Crippen molar-refractivity contribution in [2.45, 2.75) is 6.42 Å². The van der Waals surface area contributed by atoms with Gasteiger partial charge in [0.15, 0.2) is 0 Å². The van der Waals surface area contributed by atoms with Crippen molar-refractivity contribution in [2.24, 2.45) is 0 Å². The van der Waals surface area contributed by atoms with Crippen LogP contribution < -0.4 is 0 Å². The monoisotopic (exact) mass is 251 g/mol. The first kappa shape index (κ1) is 11.7. The number of benzene rings is 1. The number of aromatic nitrogens is 1. The van der Waals surface area contributed by atoms with E-state index in [1.54, 1.807) is 17.5 Å². The summed E-state index contributed by atoms with van der Waals surface area (Å²) in [5.41, 5.74) is 1.35. The van der Waals surface area contributed by atoms with E-state index in [0.29, 0.717) is 16.3 Å². The van der Waals surface area contributed by atoms with Crippen molar-refractivity contribution in [3.63, 3.8) is 0 Å². The molecule has 0 unspecified atom stereocenters. The van der Waals surface area contributed by atoms with E-state index in [1.165, 1.54) is 30.6 Å². The molecule has 1 aromatic carbocycles. The molecule has 1 aromatic heterocycles. The van der Waals surface area contributed by atoms with Crippen LogP contribution in [0.15, 0.2) is 29.6 Å². The third-order valence-corrected chi connectivity index (χ3v) is 3.12. The van der Waals surface area contributed by atoms with Crippen LogP contribution in [0.5, 0.6) is 0 Å². The minimum atomic E-state index is -0.332. The number of carbonyl (C=O) groups excluding carboxylic acids is 1. The highest BCUT2D eigenvalue weighted by Crippen LogP contribution is 2.24. The Morgan fingerprint density at radius 3 is 3.06 bits per heavy atom. The molecule has 0 aliphatic rings. The summed E-state index contributed by atoms with van der Waals surface area (Å²) in [6.07, 6.45) is 0.141. The summed E-state index contributed by atoms with van der Waals surface area (Å²) in [5, 5.41) is 2.47. The zero-order chi connectivity index (χ0) is 12.3. The molecule has 2 aromatic rings. The lowest BCUT2D eigenvalue weighted by Crippen LogP contribution is -2.04. The highest BCUT2D eigenvalue weighted by atomic mass is 32.1. The largest absolute Gasteiger partial charge is 0.469 e. The molecule has 0 radical (unpaired) electrons. The maximum atomic E-state index is 13.0. The van der Waals surface area contributed by atoms with Gasteiger partial charge >= 0.3 is 5.97 Å². The fourth-order valence-corrected chi connectivity index (χ4v) is 2.18. The van der Waals surface area contributed by atoms with Crippen molar-refractivity contribution in [1.82, 2.24) is 4.98 Å². The van der Waals surface area contributed by atoms with Gasteiger partial charge in [0, 0.05) is 10.9 Å². The average molecular weight is 251 g/mol. The number of carbonyl (C=O) groups is 1. The second-order valence-corrected chi connectivity index (χ2v) is 4.27. The minimum absolute atomic E-state index is 0.141. The number of halogens is 1. The van der Waals surface area contributed by atoms with Gasteiger partial charge in [-0.2, -0.15) is 0 Å². The van der Waals surface area contributed by atoms with Crippen molar-refractivity contribution in [3.8, 4) is 10.6 Å². The summed E-state index contributed by atoms with van der Waals surface area (Å²) in [4.78, 5) is 15.3. The number of rotatable bonds is 3. The van der Waals surface area contributed by atoms with Gasteiger partial charge in [0.25, 0.3) is 0 Å². The molecule has 3 nitrogen and oxygen atoms in total. The molecule has 0 aliphatic heterocycles. The summed E-state index contributed by atoms with van der Waals surface area (Å²) in [7, 11) is 1.34. The van der Waals surface area contributed by atoms with E-state index < -0.39 is 0 Å². The minimum Gasteiger partial charge on any atom is -0.469 e. The van der Waals surface area contributed by atoms with Crippen LogP contribution in [0.1, 0.15) is 5.69 Å². The molecule has 0 aliphatic carbocycles. The highest BCUT2D eigenvalue weighted by Gasteiger charge is 2.09. The predicted molar refractivity (Wildman–Crippen MR) is 63.2 cm³/mol. The Balaban J connectivity index is 2.21. The zero-order valence-corrected chi connectivity index (χ0v) is 9.96. The molecule has 0 saturated carbocycles. The molecule has 0 fully saturated rings. The van der Waals surface area contributed by atoms with Crippen molar-refractivity contribution in [1.29, 1.82) is 0 Å². The Morgan fingerprint density at radius 1 is 1.53 bits per heavy atom. The Hall–Kier alpha value is -1.75. The molecule has 0 amide bonds.